The first kappa shape index (κ1) is 28.0. The van der Waals surface area contributed by atoms with Gasteiger partial charge in [0.2, 0.25) is 0 Å². The van der Waals surface area contributed by atoms with Gasteiger partial charge in [0.1, 0.15) is 11.6 Å². The Morgan fingerprint density at radius 3 is 2.42 bits per heavy atom. The first-order valence-electron chi connectivity index (χ1n) is 14.4. The number of hydrogen-bond donors (Lipinski definition) is 0. The first-order chi connectivity index (χ1) is 20.8. The Morgan fingerprint density at radius 2 is 1.67 bits per heavy atom. The van der Waals surface area contributed by atoms with Gasteiger partial charge < -0.3 is 9.80 Å². The van der Waals surface area contributed by atoms with Gasteiger partial charge in [0.15, 0.2) is 5.65 Å². The van der Waals surface area contributed by atoms with Crippen molar-refractivity contribution in [3.8, 4) is 5.69 Å². The van der Waals surface area contributed by atoms with Crippen LogP contribution in [-0.4, -0.2) is 61.7 Å². The highest BCUT2D eigenvalue weighted by molar-refractivity contribution is 5.95. The molecule has 1 aliphatic rings. The monoisotopic (exact) mass is 575 g/mol. The van der Waals surface area contributed by atoms with E-state index in [1.807, 2.05) is 41.9 Å². The third-order valence-electron chi connectivity index (χ3n) is 7.95. The Hall–Kier alpha value is -5.12. The molecule has 3 heterocycles. The summed E-state index contributed by atoms with van der Waals surface area (Å²) in [4.78, 5) is 38.6. The molecule has 1 amide bonds. The number of nitro benzene ring substituents is 1. The summed E-state index contributed by atoms with van der Waals surface area (Å²) in [6, 6.07) is 23.0. The molecule has 0 atom stereocenters. The van der Waals surface area contributed by atoms with Crippen LogP contribution in [0.15, 0.2) is 72.8 Å². The number of para-hydroxylation sites is 1. The van der Waals surface area contributed by atoms with Crippen LogP contribution < -0.4 is 4.90 Å². The number of amides is 1. The Balaban J connectivity index is 1.35. The van der Waals surface area contributed by atoms with Crippen LogP contribution in [0.1, 0.15) is 45.0 Å². The Morgan fingerprint density at radius 1 is 0.907 bits per heavy atom. The maximum Gasteiger partial charge on any atom is 0.273 e. The number of benzene rings is 3. The number of carbonyl (C=O) groups excluding carboxylic acids is 1. The van der Waals surface area contributed by atoms with Gasteiger partial charge in [-0.1, -0.05) is 54.1 Å². The van der Waals surface area contributed by atoms with Crippen LogP contribution in [-0.2, 0) is 6.42 Å². The van der Waals surface area contributed by atoms with Crippen LogP contribution in [0.25, 0.3) is 16.7 Å². The van der Waals surface area contributed by atoms with Crippen LogP contribution in [0.2, 0.25) is 0 Å². The average molecular weight is 576 g/mol. The van der Waals surface area contributed by atoms with E-state index in [1.54, 1.807) is 24.0 Å². The summed E-state index contributed by atoms with van der Waals surface area (Å²) in [5.74, 6) is 1.31. The SMILES string of the molecule is Cc1ccc(Cc2nc(N3CCCN(C(=O)c4ccc(C)c([N+](=O)[O-])c4)CC3)c3c(C)nn(-c4ccccc4)c3n2)cc1. The number of carbonyl (C=O) groups is 1. The van der Waals surface area contributed by atoms with Gasteiger partial charge in [0.05, 0.1) is 21.7 Å². The highest BCUT2D eigenvalue weighted by atomic mass is 16.6. The molecule has 3 aromatic carbocycles. The van der Waals surface area contributed by atoms with E-state index in [9.17, 15) is 14.9 Å². The summed E-state index contributed by atoms with van der Waals surface area (Å²) in [6.45, 7) is 7.99. The lowest BCUT2D eigenvalue weighted by Crippen LogP contribution is -2.35. The Labute approximate surface area is 249 Å². The summed E-state index contributed by atoms with van der Waals surface area (Å²) < 4.78 is 1.88. The number of nitrogens with zero attached hydrogens (tertiary/aromatic N) is 7. The van der Waals surface area contributed by atoms with E-state index in [0.29, 0.717) is 49.6 Å². The highest BCUT2D eigenvalue weighted by Crippen LogP contribution is 2.30. The quantitative estimate of drug-likeness (QED) is 0.192. The van der Waals surface area contributed by atoms with E-state index in [0.717, 1.165) is 40.2 Å². The van der Waals surface area contributed by atoms with E-state index in [2.05, 4.69) is 36.1 Å². The molecule has 1 saturated heterocycles. The smallest absolute Gasteiger partial charge is 0.273 e. The van der Waals surface area contributed by atoms with Crippen LogP contribution in [0.5, 0.6) is 0 Å². The third kappa shape index (κ3) is 5.68. The van der Waals surface area contributed by atoms with Crippen LogP contribution >= 0.6 is 0 Å². The standard InChI is InChI=1S/C33H33N7O3/c1-22-10-13-25(14-11-22)20-29-34-31(30-24(3)36-39(32(30)35-29)27-8-5-4-6-9-27)37-16-7-17-38(19-18-37)33(41)26-15-12-23(2)28(21-26)40(42)43/h4-6,8-15,21H,7,16-20H2,1-3H3. The van der Waals surface area contributed by atoms with Crippen molar-refractivity contribution in [2.24, 2.45) is 0 Å². The summed E-state index contributed by atoms with van der Waals surface area (Å²) in [5.41, 5.74) is 5.64. The zero-order valence-corrected chi connectivity index (χ0v) is 24.5. The molecule has 0 aliphatic carbocycles. The van der Waals surface area contributed by atoms with Crippen LogP contribution in [0, 0.1) is 30.9 Å². The van der Waals surface area contributed by atoms with Crippen molar-refractivity contribution in [1.82, 2.24) is 24.6 Å². The minimum Gasteiger partial charge on any atom is -0.354 e. The molecule has 0 N–H and O–H groups in total. The summed E-state index contributed by atoms with van der Waals surface area (Å²) >= 11 is 0. The Bertz CT molecular complexity index is 1820. The van der Waals surface area contributed by atoms with Crippen LogP contribution in [0.3, 0.4) is 0 Å². The van der Waals surface area contributed by atoms with E-state index in [1.165, 1.54) is 11.6 Å². The molecule has 0 bridgehead atoms. The van der Waals surface area contributed by atoms with Crippen molar-refractivity contribution < 1.29 is 9.72 Å². The summed E-state index contributed by atoms with van der Waals surface area (Å²) in [6.07, 6.45) is 1.30. The fourth-order valence-corrected chi connectivity index (χ4v) is 5.61. The van der Waals surface area contributed by atoms with Gasteiger partial charge in [-0.2, -0.15) is 5.10 Å². The maximum absolute atomic E-state index is 13.4. The summed E-state index contributed by atoms with van der Waals surface area (Å²) in [7, 11) is 0. The fourth-order valence-electron chi connectivity index (χ4n) is 5.61. The zero-order valence-electron chi connectivity index (χ0n) is 24.5. The molecular formula is C33H33N7O3. The van der Waals surface area contributed by atoms with Crippen molar-refractivity contribution in [2.45, 2.75) is 33.6 Å². The van der Waals surface area contributed by atoms with Gasteiger partial charge in [-0.15, -0.1) is 0 Å². The number of rotatable bonds is 6. The van der Waals surface area contributed by atoms with Gasteiger partial charge in [0.25, 0.3) is 11.6 Å². The van der Waals surface area contributed by atoms with E-state index in [4.69, 9.17) is 15.1 Å². The zero-order chi connectivity index (χ0) is 30.1. The lowest BCUT2D eigenvalue weighted by atomic mass is 10.1. The topological polar surface area (TPSA) is 110 Å². The number of aromatic nitrogens is 4. The van der Waals surface area contributed by atoms with Crippen molar-refractivity contribution in [1.29, 1.82) is 0 Å². The van der Waals surface area contributed by atoms with Gasteiger partial charge in [-0.25, -0.2) is 14.6 Å². The number of hydrogen-bond acceptors (Lipinski definition) is 7. The number of anilines is 1. The fraction of sp³-hybridized carbons (Fsp3) is 0.273. The van der Waals surface area contributed by atoms with Gasteiger partial charge >= 0.3 is 0 Å². The van der Waals surface area contributed by atoms with Crippen molar-refractivity contribution in [3.05, 3.63) is 117 Å². The Kier molecular flexibility index (Phi) is 7.58. The molecule has 0 radical (unpaired) electrons. The molecule has 0 unspecified atom stereocenters. The van der Waals surface area contributed by atoms with Crippen molar-refractivity contribution in [3.63, 3.8) is 0 Å². The van der Waals surface area contributed by atoms with Crippen molar-refractivity contribution in [2.75, 3.05) is 31.1 Å². The largest absolute Gasteiger partial charge is 0.354 e. The molecule has 10 heteroatoms. The first-order valence-corrected chi connectivity index (χ1v) is 14.4. The van der Waals surface area contributed by atoms with E-state index < -0.39 is 4.92 Å². The van der Waals surface area contributed by atoms with Gasteiger partial charge in [-0.3, -0.25) is 14.9 Å². The second kappa shape index (κ2) is 11.6. The molecule has 0 saturated carbocycles. The molecule has 0 spiro atoms. The van der Waals surface area contributed by atoms with Crippen molar-refractivity contribution >= 4 is 28.4 Å². The van der Waals surface area contributed by atoms with Crippen LogP contribution in [0.4, 0.5) is 11.5 Å². The molecule has 5 aromatic rings. The lowest BCUT2D eigenvalue weighted by Gasteiger charge is -2.24. The third-order valence-corrected chi connectivity index (χ3v) is 7.95. The molecule has 6 rings (SSSR count). The molecule has 1 fully saturated rings. The number of aryl methyl sites for hydroxylation is 3. The second-order valence-corrected chi connectivity index (χ2v) is 11.0. The number of fused-ring (bicyclic) bond motifs is 1. The summed E-state index contributed by atoms with van der Waals surface area (Å²) in [5, 5.41) is 17.2. The average Bonchev–Trinajstić information content (AvgIpc) is 3.16. The normalized spacial score (nSPS) is 13.7. The lowest BCUT2D eigenvalue weighted by molar-refractivity contribution is -0.385. The molecule has 2 aromatic heterocycles. The van der Waals surface area contributed by atoms with E-state index >= 15 is 0 Å². The minimum atomic E-state index is -0.442. The molecule has 10 nitrogen and oxygen atoms in total. The van der Waals surface area contributed by atoms with E-state index in [-0.39, 0.29) is 11.6 Å². The number of nitro groups is 1. The predicted molar refractivity (Wildman–Crippen MR) is 166 cm³/mol. The highest BCUT2D eigenvalue weighted by Gasteiger charge is 2.26. The second-order valence-electron chi connectivity index (χ2n) is 11.0. The van der Waals surface area contributed by atoms with Gasteiger partial charge in [-0.05, 0) is 51.0 Å². The van der Waals surface area contributed by atoms with Gasteiger partial charge in [0, 0.05) is 49.8 Å². The molecule has 218 valence electrons. The predicted octanol–water partition coefficient (Wildman–Crippen LogP) is 5.59. The molecular weight excluding hydrogens is 542 g/mol. The maximum atomic E-state index is 13.4. The molecule has 1 aliphatic heterocycles. The molecule has 43 heavy (non-hydrogen) atoms. The minimum absolute atomic E-state index is 0.0438.